The van der Waals surface area contributed by atoms with Crippen molar-refractivity contribution in [3.8, 4) is 0 Å². The van der Waals surface area contributed by atoms with Crippen LogP contribution in [-0.2, 0) is 4.74 Å². The van der Waals surface area contributed by atoms with Crippen LogP contribution >= 0.6 is 0 Å². The molecule has 0 amide bonds. The van der Waals surface area contributed by atoms with Gasteiger partial charge in [-0.3, -0.25) is 0 Å². The first-order valence-electron chi connectivity index (χ1n) is 6.09. The van der Waals surface area contributed by atoms with Crippen LogP contribution in [0.5, 0.6) is 0 Å². The molecule has 1 aliphatic heterocycles. The molecule has 1 saturated heterocycles. The predicted octanol–water partition coefficient (Wildman–Crippen LogP) is 0.653. The van der Waals surface area contributed by atoms with E-state index in [1.165, 1.54) is 10.7 Å². The number of carboxylic acids is 1. The first kappa shape index (κ1) is 11.9. The van der Waals surface area contributed by atoms with E-state index in [1.807, 2.05) is 13.0 Å². The second-order valence-corrected chi connectivity index (χ2v) is 4.54. The maximum atomic E-state index is 11.1. The third-order valence-electron chi connectivity index (χ3n) is 3.15. The van der Waals surface area contributed by atoms with Crippen molar-refractivity contribution in [1.82, 2.24) is 14.6 Å². The minimum Gasteiger partial charge on any atom is -0.477 e. The van der Waals surface area contributed by atoms with Gasteiger partial charge in [0.2, 0.25) is 0 Å². The van der Waals surface area contributed by atoms with Crippen molar-refractivity contribution < 1.29 is 14.6 Å². The van der Waals surface area contributed by atoms with Crippen LogP contribution < -0.4 is 4.90 Å². The lowest BCUT2D eigenvalue weighted by atomic mass is 10.3. The van der Waals surface area contributed by atoms with Crippen LogP contribution in [0.25, 0.3) is 5.65 Å². The standard InChI is InChI=1S/C12H14N4O3/c1-8-7-15(4-5-19-8)10-2-3-16-11(14-10)9(6-13-16)12(17)18/h2-3,6,8H,4-5,7H2,1H3,(H,17,18)/t8-/m0/s1. The Labute approximate surface area is 109 Å². The molecule has 0 unspecified atom stereocenters. The molecule has 1 aliphatic rings. The highest BCUT2D eigenvalue weighted by molar-refractivity contribution is 5.94. The van der Waals surface area contributed by atoms with E-state index < -0.39 is 5.97 Å². The molecule has 0 saturated carbocycles. The summed E-state index contributed by atoms with van der Waals surface area (Å²) in [7, 11) is 0. The summed E-state index contributed by atoms with van der Waals surface area (Å²) in [6.07, 6.45) is 3.19. The van der Waals surface area contributed by atoms with E-state index in [-0.39, 0.29) is 11.7 Å². The Hall–Kier alpha value is -2.15. The molecule has 0 aliphatic carbocycles. The molecule has 19 heavy (non-hydrogen) atoms. The minimum atomic E-state index is -1.02. The zero-order chi connectivity index (χ0) is 13.4. The van der Waals surface area contributed by atoms with E-state index in [4.69, 9.17) is 9.84 Å². The average molecular weight is 262 g/mol. The van der Waals surface area contributed by atoms with Gasteiger partial charge in [0.25, 0.3) is 0 Å². The summed E-state index contributed by atoms with van der Waals surface area (Å²) in [6, 6.07) is 1.84. The Bertz CT molecular complexity index is 624. The van der Waals surface area contributed by atoms with E-state index in [1.54, 1.807) is 6.20 Å². The Morgan fingerprint density at radius 3 is 3.16 bits per heavy atom. The van der Waals surface area contributed by atoms with E-state index >= 15 is 0 Å². The van der Waals surface area contributed by atoms with Gasteiger partial charge in [-0.25, -0.2) is 14.3 Å². The van der Waals surface area contributed by atoms with Crippen molar-refractivity contribution in [2.24, 2.45) is 0 Å². The lowest BCUT2D eigenvalue weighted by Gasteiger charge is -2.31. The van der Waals surface area contributed by atoms with Crippen molar-refractivity contribution in [1.29, 1.82) is 0 Å². The van der Waals surface area contributed by atoms with Gasteiger partial charge in [-0.15, -0.1) is 0 Å². The molecule has 7 heteroatoms. The first-order chi connectivity index (χ1) is 9.15. The van der Waals surface area contributed by atoms with Gasteiger partial charge in [0.15, 0.2) is 5.65 Å². The Balaban J connectivity index is 2.00. The number of aromatic nitrogens is 3. The molecule has 0 radical (unpaired) electrons. The number of hydrogen-bond donors (Lipinski definition) is 1. The number of rotatable bonds is 2. The summed E-state index contributed by atoms with van der Waals surface area (Å²) in [5, 5.41) is 13.1. The predicted molar refractivity (Wildman–Crippen MR) is 67.6 cm³/mol. The monoisotopic (exact) mass is 262 g/mol. The summed E-state index contributed by atoms with van der Waals surface area (Å²) in [5.74, 6) is -0.263. The summed E-state index contributed by atoms with van der Waals surface area (Å²) in [6.45, 7) is 4.16. The summed E-state index contributed by atoms with van der Waals surface area (Å²) in [4.78, 5) is 17.6. The first-order valence-corrected chi connectivity index (χ1v) is 6.09. The fourth-order valence-electron chi connectivity index (χ4n) is 2.21. The number of nitrogens with zero attached hydrogens (tertiary/aromatic N) is 4. The number of hydrogen-bond acceptors (Lipinski definition) is 5. The highest BCUT2D eigenvalue weighted by atomic mass is 16.5. The normalized spacial score (nSPS) is 19.8. The van der Waals surface area contributed by atoms with E-state index in [0.29, 0.717) is 12.3 Å². The van der Waals surface area contributed by atoms with Gasteiger partial charge in [-0.05, 0) is 13.0 Å². The Morgan fingerprint density at radius 1 is 1.58 bits per heavy atom. The summed E-state index contributed by atoms with van der Waals surface area (Å²) in [5.41, 5.74) is 0.479. The molecule has 1 N–H and O–H groups in total. The number of carbonyl (C=O) groups is 1. The maximum Gasteiger partial charge on any atom is 0.341 e. The lowest BCUT2D eigenvalue weighted by molar-refractivity contribution is 0.0529. The van der Waals surface area contributed by atoms with Gasteiger partial charge < -0.3 is 14.7 Å². The molecule has 100 valence electrons. The van der Waals surface area contributed by atoms with Crippen LogP contribution in [0.15, 0.2) is 18.5 Å². The molecule has 2 aromatic heterocycles. The smallest absolute Gasteiger partial charge is 0.341 e. The molecule has 3 rings (SSSR count). The van der Waals surface area contributed by atoms with E-state index in [2.05, 4.69) is 15.0 Å². The topological polar surface area (TPSA) is 80.0 Å². The SMILES string of the molecule is C[C@H]1CN(c2ccn3ncc(C(=O)O)c3n2)CCO1. The molecule has 2 aromatic rings. The fraction of sp³-hybridized carbons (Fsp3) is 0.417. The van der Waals surface area contributed by atoms with Crippen LogP contribution in [0.2, 0.25) is 0 Å². The number of morpholine rings is 1. The third-order valence-corrected chi connectivity index (χ3v) is 3.15. The molecular weight excluding hydrogens is 248 g/mol. The van der Waals surface area contributed by atoms with Crippen molar-refractivity contribution >= 4 is 17.4 Å². The Kier molecular flexibility index (Phi) is 2.83. The average Bonchev–Trinajstić information content (AvgIpc) is 2.81. The van der Waals surface area contributed by atoms with Crippen molar-refractivity contribution in [2.75, 3.05) is 24.6 Å². The van der Waals surface area contributed by atoms with E-state index in [0.717, 1.165) is 18.9 Å². The van der Waals surface area contributed by atoms with Crippen LogP contribution in [-0.4, -0.2) is 51.5 Å². The van der Waals surface area contributed by atoms with Gasteiger partial charge >= 0.3 is 5.97 Å². The van der Waals surface area contributed by atoms with Crippen LogP contribution in [0.1, 0.15) is 17.3 Å². The fourth-order valence-corrected chi connectivity index (χ4v) is 2.21. The minimum absolute atomic E-state index is 0.114. The summed E-state index contributed by atoms with van der Waals surface area (Å²) >= 11 is 0. The molecule has 1 atom stereocenters. The highest BCUT2D eigenvalue weighted by Gasteiger charge is 2.20. The summed E-state index contributed by atoms with van der Waals surface area (Å²) < 4.78 is 6.95. The Morgan fingerprint density at radius 2 is 2.42 bits per heavy atom. The quantitative estimate of drug-likeness (QED) is 0.856. The van der Waals surface area contributed by atoms with Crippen molar-refractivity contribution in [3.63, 3.8) is 0 Å². The highest BCUT2D eigenvalue weighted by Crippen LogP contribution is 2.17. The molecule has 0 spiro atoms. The van der Waals surface area contributed by atoms with Crippen LogP contribution in [0, 0.1) is 0 Å². The molecule has 0 aromatic carbocycles. The molecule has 0 bridgehead atoms. The second-order valence-electron chi connectivity index (χ2n) is 4.54. The van der Waals surface area contributed by atoms with Crippen molar-refractivity contribution in [3.05, 3.63) is 24.0 Å². The molecule has 1 fully saturated rings. The molecular formula is C12H14N4O3. The van der Waals surface area contributed by atoms with E-state index in [9.17, 15) is 4.79 Å². The van der Waals surface area contributed by atoms with Crippen molar-refractivity contribution in [2.45, 2.75) is 13.0 Å². The number of anilines is 1. The largest absolute Gasteiger partial charge is 0.477 e. The van der Waals surface area contributed by atoms with Gasteiger partial charge in [0.05, 0.1) is 18.9 Å². The van der Waals surface area contributed by atoms with Gasteiger partial charge in [-0.1, -0.05) is 0 Å². The third kappa shape index (κ3) is 2.12. The van der Waals surface area contributed by atoms with Crippen LogP contribution in [0.4, 0.5) is 5.82 Å². The molecule has 3 heterocycles. The second kappa shape index (κ2) is 4.51. The van der Waals surface area contributed by atoms with Crippen LogP contribution in [0.3, 0.4) is 0 Å². The van der Waals surface area contributed by atoms with Gasteiger partial charge in [0.1, 0.15) is 11.4 Å². The number of carboxylic acid groups (broad SMARTS) is 1. The zero-order valence-corrected chi connectivity index (χ0v) is 10.5. The maximum absolute atomic E-state index is 11.1. The lowest BCUT2D eigenvalue weighted by Crippen LogP contribution is -2.41. The van der Waals surface area contributed by atoms with Gasteiger partial charge in [0, 0.05) is 19.3 Å². The van der Waals surface area contributed by atoms with Gasteiger partial charge in [-0.2, -0.15) is 5.10 Å². The number of fused-ring (bicyclic) bond motifs is 1. The number of ether oxygens (including phenoxy) is 1. The molecule has 7 nitrogen and oxygen atoms in total. The number of aromatic carboxylic acids is 1. The zero-order valence-electron chi connectivity index (χ0n) is 10.5.